The third-order valence-electron chi connectivity index (χ3n) is 3.31. The number of piperidine rings is 1. The Kier molecular flexibility index (Phi) is 4.82. The lowest BCUT2D eigenvalue weighted by Gasteiger charge is -2.25. The fraction of sp³-hybridized carbons (Fsp3) is 0.643. The van der Waals surface area contributed by atoms with Crippen molar-refractivity contribution in [3.05, 3.63) is 16.1 Å². The molecule has 21 heavy (non-hydrogen) atoms. The minimum Gasteiger partial charge on any atom is -0.321 e. The number of nitrogens with one attached hydrogen (secondary N) is 1. The molecule has 0 bridgehead atoms. The average Bonchev–Trinajstić information content (AvgIpc) is 2.95. The zero-order valence-electron chi connectivity index (χ0n) is 12.6. The van der Waals surface area contributed by atoms with Crippen molar-refractivity contribution in [2.45, 2.75) is 45.4 Å². The molecule has 1 aromatic rings. The number of likely N-dealkylation sites (tertiary alicyclic amines) is 1. The lowest BCUT2D eigenvalue weighted by molar-refractivity contribution is 0.0394. The van der Waals surface area contributed by atoms with E-state index in [-0.39, 0.29) is 5.41 Å². The van der Waals surface area contributed by atoms with Crippen molar-refractivity contribution >= 4 is 23.3 Å². The summed E-state index contributed by atoms with van der Waals surface area (Å²) < 4.78 is 0. The predicted octanol–water partition coefficient (Wildman–Crippen LogP) is 2.71. The standard InChI is InChI=1S/C14H21N3O3S/c1-14(2,3)10-9-21-12(15-10)11(18)16-20-13(19)17-7-5-4-6-8-17/h9H,4-8H2,1-3H3,(H,16,18). The predicted molar refractivity (Wildman–Crippen MR) is 80.2 cm³/mol. The molecule has 0 aliphatic carbocycles. The van der Waals surface area contributed by atoms with Crippen LogP contribution >= 0.6 is 11.3 Å². The molecule has 0 atom stereocenters. The molecule has 0 aromatic carbocycles. The van der Waals surface area contributed by atoms with Gasteiger partial charge in [-0.05, 0) is 19.3 Å². The molecule has 0 saturated carbocycles. The number of aromatic nitrogens is 1. The van der Waals surface area contributed by atoms with Crippen molar-refractivity contribution in [1.29, 1.82) is 0 Å². The molecule has 1 fully saturated rings. The van der Waals surface area contributed by atoms with Crippen LogP contribution in [0.4, 0.5) is 4.79 Å². The highest BCUT2D eigenvalue weighted by atomic mass is 32.1. The van der Waals surface area contributed by atoms with E-state index in [1.54, 1.807) is 4.90 Å². The summed E-state index contributed by atoms with van der Waals surface area (Å²) in [5.74, 6) is -0.485. The highest BCUT2D eigenvalue weighted by Gasteiger charge is 2.22. The first-order valence-electron chi connectivity index (χ1n) is 7.10. The van der Waals surface area contributed by atoms with Crippen molar-refractivity contribution in [3.8, 4) is 0 Å². The van der Waals surface area contributed by atoms with Gasteiger partial charge in [0.1, 0.15) is 0 Å². The molecule has 1 aromatic heterocycles. The summed E-state index contributed by atoms with van der Waals surface area (Å²) in [7, 11) is 0. The van der Waals surface area contributed by atoms with E-state index in [2.05, 4.69) is 10.5 Å². The van der Waals surface area contributed by atoms with Crippen LogP contribution in [0.2, 0.25) is 0 Å². The second-order valence-corrected chi connectivity index (χ2v) is 6.99. The third-order valence-corrected chi connectivity index (χ3v) is 4.15. The van der Waals surface area contributed by atoms with Gasteiger partial charge < -0.3 is 9.74 Å². The van der Waals surface area contributed by atoms with Gasteiger partial charge in [0.2, 0.25) is 0 Å². The summed E-state index contributed by atoms with van der Waals surface area (Å²) in [6.07, 6.45) is 2.58. The SMILES string of the molecule is CC(C)(C)c1csc(C(=O)NOC(=O)N2CCCCC2)n1. The molecule has 116 valence electrons. The largest absolute Gasteiger partial charge is 0.434 e. The number of nitrogens with zero attached hydrogens (tertiary/aromatic N) is 2. The van der Waals surface area contributed by atoms with Gasteiger partial charge in [0.15, 0.2) is 5.01 Å². The topological polar surface area (TPSA) is 71.5 Å². The lowest BCUT2D eigenvalue weighted by atomic mass is 9.93. The van der Waals surface area contributed by atoms with Gasteiger partial charge in [0.05, 0.1) is 5.69 Å². The second kappa shape index (κ2) is 6.43. The number of carbonyl (C=O) groups excluding carboxylic acids is 2. The van der Waals surface area contributed by atoms with E-state index in [0.29, 0.717) is 18.1 Å². The van der Waals surface area contributed by atoms with Crippen molar-refractivity contribution in [2.24, 2.45) is 0 Å². The van der Waals surface area contributed by atoms with E-state index in [4.69, 9.17) is 4.84 Å². The smallest absolute Gasteiger partial charge is 0.321 e. The number of amides is 2. The number of hydrogen-bond donors (Lipinski definition) is 1. The minimum atomic E-state index is -0.504. The summed E-state index contributed by atoms with van der Waals surface area (Å²) in [6, 6.07) is 0. The molecule has 1 aliphatic rings. The Morgan fingerprint density at radius 3 is 2.52 bits per heavy atom. The number of thiazole rings is 1. The third kappa shape index (κ3) is 4.17. The van der Waals surface area contributed by atoms with Gasteiger partial charge in [-0.15, -0.1) is 11.3 Å². The highest BCUT2D eigenvalue weighted by molar-refractivity contribution is 7.11. The van der Waals surface area contributed by atoms with Crippen LogP contribution in [0.3, 0.4) is 0 Å². The molecule has 6 nitrogen and oxygen atoms in total. The first kappa shape index (κ1) is 15.8. The van der Waals surface area contributed by atoms with Gasteiger partial charge in [-0.3, -0.25) is 4.79 Å². The van der Waals surface area contributed by atoms with E-state index < -0.39 is 12.0 Å². The molecule has 0 spiro atoms. The molecule has 7 heteroatoms. The first-order valence-corrected chi connectivity index (χ1v) is 7.98. The van der Waals surface area contributed by atoms with Crippen LogP contribution in [0.1, 0.15) is 55.5 Å². The van der Waals surface area contributed by atoms with Crippen LogP contribution in [0.25, 0.3) is 0 Å². The summed E-state index contributed by atoms with van der Waals surface area (Å²) >= 11 is 1.24. The van der Waals surface area contributed by atoms with E-state index in [1.165, 1.54) is 11.3 Å². The molecular formula is C14H21N3O3S. The molecule has 0 radical (unpaired) electrons. The van der Waals surface area contributed by atoms with Crippen molar-refractivity contribution in [3.63, 3.8) is 0 Å². The van der Waals surface area contributed by atoms with Crippen molar-refractivity contribution in [2.75, 3.05) is 13.1 Å². The van der Waals surface area contributed by atoms with E-state index in [9.17, 15) is 9.59 Å². The van der Waals surface area contributed by atoms with Gasteiger partial charge in [-0.25, -0.2) is 9.78 Å². The molecular weight excluding hydrogens is 290 g/mol. The maximum atomic E-state index is 11.9. The molecule has 1 saturated heterocycles. The number of rotatable bonds is 1. The van der Waals surface area contributed by atoms with Gasteiger partial charge in [0, 0.05) is 23.9 Å². The Morgan fingerprint density at radius 1 is 1.29 bits per heavy atom. The molecule has 2 heterocycles. The molecule has 0 unspecified atom stereocenters. The summed E-state index contributed by atoms with van der Waals surface area (Å²) in [5, 5.41) is 2.15. The fourth-order valence-corrected chi connectivity index (χ4v) is 2.93. The first-order chi connectivity index (χ1) is 9.88. The van der Waals surface area contributed by atoms with Crippen LogP contribution in [0, 0.1) is 0 Å². The Bertz CT molecular complexity index is 516. The Hall–Kier alpha value is -1.63. The Balaban J connectivity index is 1.86. The van der Waals surface area contributed by atoms with E-state index >= 15 is 0 Å². The van der Waals surface area contributed by atoms with Gasteiger partial charge >= 0.3 is 12.0 Å². The highest BCUT2D eigenvalue weighted by Crippen LogP contribution is 2.23. The van der Waals surface area contributed by atoms with Gasteiger partial charge in [-0.1, -0.05) is 20.8 Å². The van der Waals surface area contributed by atoms with Crippen molar-refractivity contribution < 1.29 is 14.4 Å². The fourth-order valence-electron chi connectivity index (χ4n) is 2.00. The maximum Gasteiger partial charge on any atom is 0.434 e. The average molecular weight is 311 g/mol. The molecule has 2 rings (SSSR count). The van der Waals surface area contributed by atoms with Gasteiger partial charge in [0.25, 0.3) is 0 Å². The van der Waals surface area contributed by atoms with Gasteiger partial charge in [-0.2, -0.15) is 5.48 Å². The molecule has 2 amide bonds. The minimum absolute atomic E-state index is 0.112. The van der Waals surface area contributed by atoms with Crippen molar-refractivity contribution in [1.82, 2.24) is 15.4 Å². The zero-order chi connectivity index (χ0) is 15.5. The quantitative estimate of drug-likeness (QED) is 0.809. The Labute approximate surface area is 128 Å². The van der Waals surface area contributed by atoms with Crippen LogP contribution in [-0.2, 0) is 10.3 Å². The van der Waals surface area contributed by atoms with Crippen LogP contribution in [0.5, 0.6) is 0 Å². The van der Waals surface area contributed by atoms with Crippen LogP contribution in [0.15, 0.2) is 5.38 Å². The number of hydrogen-bond acceptors (Lipinski definition) is 5. The van der Waals surface area contributed by atoms with E-state index in [0.717, 1.165) is 25.0 Å². The summed E-state index contributed by atoms with van der Waals surface area (Å²) in [6.45, 7) is 7.45. The number of carbonyl (C=O) groups is 2. The summed E-state index contributed by atoms with van der Waals surface area (Å²) in [4.78, 5) is 34.4. The molecule has 1 N–H and O–H groups in total. The lowest BCUT2D eigenvalue weighted by Crippen LogP contribution is -2.40. The number of hydroxylamine groups is 1. The maximum absolute atomic E-state index is 11.9. The molecule has 1 aliphatic heterocycles. The normalized spacial score (nSPS) is 15.7. The zero-order valence-corrected chi connectivity index (χ0v) is 13.5. The Morgan fingerprint density at radius 2 is 1.95 bits per heavy atom. The van der Waals surface area contributed by atoms with Crippen LogP contribution < -0.4 is 5.48 Å². The van der Waals surface area contributed by atoms with E-state index in [1.807, 2.05) is 26.2 Å². The summed E-state index contributed by atoms with van der Waals surface area (Å²) in [5.41, 5.74) is 2.91. The van der Waals surface area contributed by atoms with Crippen LogP contribution in [-0.4, -0.2) is 35.0 Å². The second-order valence-electron chi connectivity index (χ2n) is 6.13. The monoisotopic (exact) mass is 311 g/mol.